The van der Waals surface area contributed by atoms with Gasteiger partial charge in [0.2, 0.25) is 5.91 Å². The number of piperazine rings is 1. The van der Waals surface area contributed by atoms with Gasteiger partial charge in [-0.2, -0.15) is 0 Å². The van der Waals surface area contributed by atoms with Crippen molar-refractivity contribution in [2.24, 2.45) is 0 Å². The zero-order valence-electron chi connectivity index (χ0n) is 19.9. The molecule has 3 heterocycles. The van der Waals surface area contributed by atoms with E-state index in [-0.39, 0.29) is 17.6 Å². The fourth-order valence-electron chi connectivity index (χ4n) is 3.71. The number of thioether (sulfide) groups is 1. The highest BCUT2D eigenvalue weighted by Gasteiger charge is 2.21. The lowest BCUT2D eigenvalue weighted by atomic mass is 10.1. The maximum absolute atomic E-state index is 12.2. The number of carbonyl (C=O) groups excluding carboxylic acids is 2. The lowest BCUT2D eigenvalue weighted by Crippen LogP contribution is -2.48. The number of anilines is 1. The predicted molar refractivity (Wildman–Crippen MR) is 134 cm³/mol. The monoisotopic (exact) mass is 495 g/mol. The van der Waals surface area contributed by atoms with Crippen LogP contribution < -0.4 is 10.2 Å². The van der Waals surface area contributed by atoms with Crippen LogP contribution in [0.25, 0.3) is 11.3 Å². The standard InChI is InChI=1S/C25H29N5O4S/c1-18(31)29-11-13-30(14-12-29)23-16-21(19-6-4-3-5-7-19)27-25(28-23)35-17-20-8-9-22(34-20)24(32)26-10-15-33-2/h3-9,16H,10-15,17H2,1-2H3,(H,26,32). The normalized spacial score (nSPS) is 13.7. The molecule has 1 saturated heterocycles. The molecule has 1 aliphatic rings. The lowest BCUT2D eigenvalue weighted by molar-refractivity contribution is -0.129. The Bertz CT molecular complexity index is 1150. The van der Waals surface area contributed by atoms with Gasteiger partial charge in [0.25, 0.3) is 5.91 Å². The number of hydrogen-bond acceptors (Lipinski definition) is 8. The molecule has 184 valence electrons. The average molecular weight is 496 g/mol. The van der Waals surface area contributed by atoms with Crippen LogP contribution in [0, 0.1) is 0 Å². The van der Waals surface area contributed by atoms with Gasteiger partial charge in [0.15, 0.2) is 10.9 Å². The molecule has 1 aliphatic heterocycles. The van der Waals surface area contributed by atoms with E-state index < -0.39 is 0 Å². The van der Waals surface area contributed by atoms with Gasteiger partial charge >= 0.3 is 0 Å². The molecule has 0 spiro atoms. The Morgan fingerprint density at radius 2 is 1.86 bits per heavy atom. The van der Waals surface area contributed by atoms with Gasteiger partial charge in [0.1, 0.15) is 11.6 Å². The number of nitrogens with one attached hydrogen (secondary N) is 1. The van der Waals surface area contributed by atoms with Crippen molar-refractivity contribution in [3.63, 3.8) is 0 Å². The molecule has 1 fully saturated rings. The van der Waals surface area contributed by atoms with Gasteiger partial charge in [-0.05, 0) is 12.1 Å². The zero-order chi connectivity index (χ0) is 24.6. The summed E-state index contributed by atoms with van der Waals surface area (Å²) >= 11 is 1.45. The third-order valence-corrected chi connectivity index (χ3v) is 6.50. The number of furan rings is 1. The number of methoxy groups -OCH3 is 1. The van der Waals surface area contributed by atoms with Crippen molar-refractivity contribution in [1.82, 2.24) is 20.2 Å². The lowest BCUT2D eigenvalue weighted by Gasteiger charge is -2.35. The van der Waals surface area contributed by atoms with Crippen LogP contribution >= 0.6 is 11.8 Å². The van der Waals surface area contributed by atoms with Gasteiger partial charge in [0.05, 0.1) is 18.1 Å². The van der Waals surface area contributed by atoms with Crippen molar-refractivity contribution in [1.29, 1.82) is 0 Å². The third-order valence-electron chi connectivity index (χ3n) is 5.63. The third kappa shape index (κ3) is 6.61. The smallest absolute Gasteiger partial charge is 0.287 e. The van der Waals surface area contributed by atoms with E-state index in [1.54, 1.807) is 26.2 Å². The molecular weight excluding hydrogens is 466 g/mol. The molecule has 10 heteroatoms. The molecular formula is C25H29N5O4S. The summed E-state index contributed by atoms with van der Waals surface area (Å²) in [6.07, 6.45) is 0. The number of amides is 2. The minimum atomic E-state index is -0.271. The Kier molecular flexibility index (Phi) is 8.38. The van der Waals surface area contributed by atoms with Crippen molar-refractivity contribution < 1.29 is 18.7 Å². The van der Waals surface area contributed by atoms with Gasteiger partial charge in [-0.3, -0.25) is 9.59 Å². The van der Waals surface area contributed by atoms with E-state index in [0.717, 1.165) is 17.1 Å². The molecule has 35 heavy (non-hydrogen) atoms. The van der Waals surface area contributed by atoms with Crippen molar-refractivity contribution in [2.45, 2.75) is 17.8 Å². The molecule has 9 nitrogen and oxygen atoms in total. The summed E-state index contributed by atoms with van der Waals surface area (Å²) in [4.78, 5) is 37.5. The summed E-state index contributed by atoms with van der Waals surface area (Å²) in [7, 11) is 1.58. The fraction of sp³-hybridized carbons (Fsp3) is 0.360. The number of ether oxygens (including phenoxy) is 1. The second-order valence-electron chi connectivity index (χ2n) is 8.06. The van der Waals surface area contributed by atoms with E-state index in [1.807, 2.05) is 41.3 Å². The maximum atomic E-state index is 12.2. The Morgan fingerprint density at radius 1 is 1.09 bits per heavy atom. The molecule has 0 aliphatic carbocycles. The van der Waals surface area contributed by atoms with Gasteiger partial charge in [-0.25, -0.2) is 9.97 Å². The van der Waals surface area contributed by atoms with Crippen molar-refractivity contribution in [2.75, 3.05) is 51.3 Å². The quantitative estimate of drug-likeness (QED) is 0.275. The SMILES string of the molecule is COCCNC(=O)c1ccc(CSc2nc(-c3ccccc3)cc(N3CCN(C(C)=O)CC3)n2)o1. The van der Waals surface area contributed by atoms with E-state index in [0.29, 0.717) is 56.0 Å². The predicted octanol–water partition coefficient (Wildman–Crippen LogP) is 3.07. The molecule has 0 unspecified atom stereocenters. The highest BCUT2D eigenvalue weighted by Crippen LogP contribution is 2.28. The molecule has 1 N–H and O–H groups in total. The number of hydrogen-bond donors (Lipinski definition) is 1. The minimum Gasteiger partial charge on any atom is -0.455 e. The summed E-state index contributed by atoms with van der Waals surface area (Å²) in [5, 5.41) is 3.37. The molecule has 1 aromatic carbocycles. The molecule has 2 aromatic heterocycles. The van der Waals surface area contributed by atoms with Crippen LogP contribution in [0.4, 0.5) is 5.82 Å². The molecule has 2 amide bonds. The van der Waals surface area contributed by atoms with Crippen LogP contribution in [0.3, 0.4) is 0 Å². The van der Waals surface area contributed by atoms with Gasteiger partial charge < -0.3 is 24.3 Å². The molecule has 0 bridgehead atoms. The van der Waals surface area contributed by atoms with Crippen LogP contribution in [-0.2, 0) is 15.3 Å². The zero-order valence-corrected chi connectivity index (χ0v) is 20.7. The average Bonchev–Trinajstić information content (AvgIpc) is 3.37. The topological polar surface area (TPSA) is 101 Å². The van der Waals surface area contributed by atoms with E-state index in [4.69, 9.17) is 19.1 Å². The van der Waals surface area contributed by atoms with Crippen molar-refractivity contribution in [3.05, 3.63) is 60.1 Å². The van der Waals surface area contributed by atoms with Gasteiger partial charge in [-0.15, -0.1) is 0 Å². The van der Waals surface area contributed by atoms with Crippen LogP contribution in [-0.4, -0.2) is 73.1 Å². The summed E-state index contributed by atoms with van der Waals surface area (Å²) < 4.78 is 10.7. The van der Waals surface area contributed by atoms with E-state index >= 15 is 0 Å². The van der Waals surface area contributed by atoms with Gasteiger partial charge in [0, 0.05) is 58.4 Å². The van der Waals surface area contributed by atoms with Crippen molar-refractivity contribution >= 4 is 29.4 Å². The summed E-state index contributed by atoms with van der Waals surface area (Å²) in [5.74, 6) is 2.08. The van der Waals surface area contributed by atoms with Crippen molar-refractivity contribution in [3.8, 4) is 11.3 Å². The first kappa shape index (κ1) is 24.7. The second-order valence-corrected chi connectivity index (χ2v) is 9.00. The fourth-order valence-corrected chi connectivity index (χ4v) is 4.46. The first-order chi connectivity index (χ1) is 17.0. The van der Waals surface area contributed by atoms with Crippen LogP contribution in [0.15, 0.2) is 58.1 Å². The summed E-state index contributed by atoms with van der Waals surface area (Å²) in [5.41, 5.74) is 1.85. The number of carbonyl (C=O) groups is 2. The molecule has 0 radical (unpaired) electrons. The van der Waals surface area contributed by atoms with Crippen LogP contribution in [0.2, 0.25) is 0 Å². The summed E-state index contributed by atoms with van der Waals surface area (Å²) in [6.45, 7) is 5.24. The maximum Gasteiger partial charge on any atom is 0.287 e. The molecule has 4 rings (SSSR count). The van der Waals surface area contributed by atoms with E-state index in [1.165, 1.54) is 11.8 Å². The molecule has 3 aromatic rings. The highest BCUT2D eigenvalue weighted by atomic mass is 32.2. The summed E-state index contributed by atoms with van der Waals surface area (Å²) in [6, 6.07) is 15.4. The number of rotatable bonds is 9. The largest absolute Gasteiger partial charge is 0.455 e. The number of nitrogens with zero attached hydrogens (tertiary/aromatic N) is 4. The molecule has 0 atom stereocenters. The van der Waals surface area contributed by atoms with Crippen LogP contribution in [0.5, 0.6) is 0 Å². The molecule has 0 saturated carbocycles. The minimum absolute atomic E-state index is 0.0961. The van der Waals surface area contributed by atoms with E-state index in [9.17, 15) is 9.59 Å². The Hall–Kier alpha value is -3.37. The Morgan fingerprint density at radius 3 is 2.57 bits per heavy atom. The number of benzene rings is 1. The first-order valence-electron chi connectivity index (χ1n) is 11.5. The second kappa shape index (κ2) is 11.9. The van der Waals surface area contributed by atoms with Gasteiger partial charge in [-0.1, -0.05) is 42.1 Å². The first-order valence-corrected chi connectivity index (χ1v) is 12.5. The Balaban J connectivity index is 1.49. The van der Waals surface area contributed by atoms with E-state index in [2.05, 4.69) is 10.2 Å². The highest BCUT2D eigenvalue weighted by molar-refractivity contribution is 7.98. The Labute approximate surface area is 208 Å². The number of aromatic nitrogens is 2. The van der Waals surface area contributed by atoms with Crippen LogP contribution in [0.1, 0.15) is 23.2 Å².